The fraction of sp³-hybridized carbons (Fsp3) is 0.660. The van der Waals surface area contributed by atoms with Crippen LogP contribution in [-0.2, 0) is 32.7 Å². The molecule has 7 N–H and O–H groups in total. The highest BCUT2D eigenvalue weighted by atomic mass is 31.2. The van der Waals surface area contributed by atoms with Crippen LogP contribution in [0.4, 0.5) is 0 Å². The highest BCUT2D eigenvalue weighted by Crippen LogP contribution is 2.47. The molecule has 0 aliphatic heterocycles. The molecule has 15 heteroatoms. The van der Waals surface area contributed by atoms with E-state index in [1.54, 1.807) is 0 Å². The Morgan fingerprint density at radius 1 is 0.532 bits per heavy atom. The van der Waals surface area contributed by atoms with Crippen molar-refractivity contribution in [1.29, 1.82) is 0 Å². The van der Waals surface area contributed by atoms with E-state index >= 15 is 0 Å². The van der Waals surface area contributed by atoms with Crippen molar-refractivity contribution in [3.63, 3.8) is 0 Å². The molecule has 62 heavy (non-hydrogen) atoms. The van der Waals surface area contributed by atoms with E-state index in [2.05, 4.69) is 73.8 Å². The molecule has 1 aliphatic carbocycles. The van der Waals surface area contributed by atoms with Crippen LogP contribution in [0.25, 0.3) is 0 Å². The maximum Gasteiger partial charge on any atom is 0.472 e. The Labute approximate surface area is 370 Å². The molecule has 14 nitrogen and oxygen atoms in total. The number of carbonyl (C=O) groups is 2. The summed E-state index contributed by atoms with van der Waals surface area (Å²) in [6.07, 6.45) is 32.3. The van der Waals surface area contributed by atoms with Gasteiger partial charge in [0, 0.05) is 19.4 Å². The molecule has 0 heterocycles. The third-order valence-corrected chi connectivity index (χ3v) is 10.7. The van der Waals surface area contributed by atoms with E-state index in [4.69, 9.17) is 23.6 Å². The molecular weight excluding hydrogens is 819 g/mol. The SMILES string of the molecule is CCCCC/C=C\C/C=C\C/C=C\CCCCC(=O)O[C@H](COC(=O)CCC/C=C\C/C=C\C/C=C\C/C=C\CCCCCO)COP(=O)(O)OC1[C@H](O)[C@H](O)C(O)[C@H](O)[C@H]1O. The molecule has 0 amide bonds. The summed E-state index contributed by atoms with van der Waals surface area (Å²) in [5.41, 5.74) is 0. The third kappa shape index (κ3) is 29.4. The minimum Gasteiger partial charge on any atom is -0.462 e. The van der Waals surface area contributed by atoms with Gasteiger partial charge in [-0.15, -0.1) is 0 Å². The highest BCUT2D eigenvalue weighted by Gasteiger charge is 2.51. The van der Waals surface area contributed by atoms with Gasteiger partial charge >= 0.3 is 19.8 Å². The summed E-state index contributed by atoms with van der Waals surface area (Å²) in [4.78, 5) is 35.6. The molecular formula is C47H77O14P. The third-order valence-electron chi connectivity index (χ3n) is 9.76. The summed E-state index contributed by atoms with van der Waals surface area (Å²) in [6, 6.07) is 0. The van der Waals surface area contributed by atoms with Crippen LogP contribution in [0.3, 0.4) is 0 Å². The maximum atomic E-state index is 12.8. The second-order valence-electron chi connectivity index (χ2n) is 15.3. The van der Waals surface area contributed by atoms with Gasteiger partial charge in [0.1, 0.15) is 43.2 Å². The summed E-state index contributed by atoms with van der Waals surface area (Å²) in [5, 5.41) is 58.9. The van der Waals surface area contributed by atoms with Crippen LogP contribution in [0.15, 0.2) is 85.1 Å². The van der Waals surface area contributed by atoms with Gasteiger partial charge in [-0.1, -0.05) is 111 Å². The average Bonchev–Trinajstić information content (AvgIpc) is 3.25. The first-order valence-electron chi connectivity index (χ1n) is 22.5. The van der Waals surface area contributed by atoms with Gasteiger partial charge in [-0.05, 0) is 96.3 Å². The quantitative estimate of drug-likeness (QED) is 0.0140. The standard InChI is InChI=1S/C47H77O14P/c1-2-3-4-5-6-7-8-9-13-17-20-23-26-29-32-35-41(50)60-39(38-59-62(56,57)61-47-45(54)43(52)42(51)44(53)46(47)55)37-58-40(49)34-31-28-25-22-19-16-14-11-10-12-15-18-21-24-27-30-33-36-48/h6-7,9-10,12-14,16,18,20-23,25,39,42-48,51-55H,2-5,8,11,15,17,19,24,26-38H2,1H3,(H,56,57)/b7-6-,12-10-,13-9-,16-14-,21-18-,23-20-,25-22-/t39-,42?,43-,44+,45-,46-,47?/m1/s1. The highest BCUT2D eigenvalue weighted by molar-refractivity contribution is 7.47. The van der Waals surface area contributed by atoms with Gasteiger partial charge in [-0.25, -0.2) is 4.57 Å². The summed E-state index contributed by atoms with van der Waals surface area (Å²) < 4.78 is 33.4. The summed E-state index contributed by atoms with van der Waals surface area (Å²) in [5.74, 6) is -1.23. The van der Waals surface area contributed by atoms with Gasteiger partial charge in [0.2, 0.25) is 0 Å². The van der Waals surface area contributed by atoms with Crippen LogP contribution in [0.5, 0.6) is 0 Å². The zero-order chi connectivity index (χ0) is 45.7. The fourth-order valence-electron chi connectivity index (χ4n) is 6.09. The van der Waals surface area contributed by atoms with Gasteiger partial charge in [0.25, 0.3) is 0 Å². The first kappa shape index (κ1) is 57.0. The Kier molecular flexibility index (Phi) is 34.4. The molecule has 3 unspecified atom stereocenters. The second kappa shape index (κ2) is 37.4. The molecule has 0 saturated heterocycles. The first-order valence-corrected chi connectivity index (χ1v) is 24.0. The van der Waals surface area contributed by atoms with Crippen LogP contribution in [0.2, 0.25) is 0 Å². The van der Waals surface area contributed by atoms with E-state index in [0.717, 1.165) is 70.6 Å². The molecule has 1 rings (SSSR count). The van der Waals surface area contributed by atoms with Crippen LogP contribution >= 0.6 is 7.82 Å². The normalized spacial score (nSPS) is 22.6. The Bertz CT molecular complexity index is 1410. The van der Waals surface area contributed by atoms with Crippen molar-refractivity contribution in [3.05, 3.63) is 85.1 Å². The van der Waals surface area contributed by atoms with Gasteiger partial charge < -0.3 is 45.0 Å². The number of rotatable bonds is 36. The van der Waals surface area contributed by atoms with Crippen molar-refractivity contribution in [2.24, 2.45) is 0 Å². The van der Waals surface area contributed by atoms with Crippen molar-refractivity contribution >= 4 is 19.8 Å². The molecule has 0 spiro atoms. The molecule has 1 fully saturated rings. The van der Waals surface area contributed by atoms with Crippen molar-refractivity contribution in [2.45, 2.75) is 178 Å². The van der Waals surface area contributed by atoms with Crippen molar-refractivity contribution in [1.82, 2.24) is 0 Å². The van der Waals surface area contributed by atoms with Gasteiger partial charge in [-0.2, -0.15) is 0 Å². The lowest BCUT2D eigenvalue weighted by Crippen LogP contribution is -2.64. The number of phosphoric ester groups is 1. The maximum absolute atomic E-state index is 12.8. The van der Waals surface area contributed by atoms with E-state index in [9.17, 15) is 44.6 Å². The zero-order valence-electron chi connectivity index (χ0n) is 36.8. The zero-order valence-corrected chi connectivity index (χ0v) is 37.7. The number of hydrogen-bond acceptors (Lipinski definition) is 13. The number of esters is 2. The molecule has 0 aromatic rings. The molecule has 354 valence electrons. The number of aliphatic hydroxyl groups excluding tert-OH is 6. The Hall–Kier alpha value is -3.01. The van der Waals surface area contributed by atoms with E-state index in [1.165, 1.54) is 19.3 Å². The topological polar surface area (TPSA) is 230 Å². The number of aliphatic hydroxyl groups is 6. The minimum absolute atomic E-state index is 0.0260. The van der Waals surface area contributed by atoms with E-state index in [-0.39, 0.29) is 19.4 Å². The summed E-state index contributed by atoms with van der Waals surface area (Å²) >= 11 is 0. The number of phosphoric acid groups is 1. The summed E-state index contributed by atoms with van der Waals surface area (Å²) in [7, 11) is -5.15. The average molecular weight is 897 g/mol. The van der Waals surface area contributed by atoms with Gasteiger partial charge in [0.15, 0.2) is 6.10 Å². The number of hydrogen-bond donors (Lipinski definition) is 7. The number of ether oxygens (including phenoxy) is 2. The Morgan fingerprint density at radius 3 is 1.44 bits per heavy atom. The first-order chi connectivity index (χ1) is 29.9. The van der Waals surface area contributed by atoms with E-state index in [0.29, 0.717) is 25.7 Å². The molecule has 0 aromatic heterocycles. The van der Waals surface area contributed by atoms with Crippen LogP contribution in [-0.4, -0.2) is 110 Å². The van der Waals surface area contributed by atoms with E-state index in [1.807, 2.05) is 18.2 Å². The smallest absolute Gasteiger partial charge is 0.462 e. The van der Waals surface area contributed by atoms with Crippen molar-refractivity contribution < 1.29 is 68.2 Å². The molecule has 0 bridgehead atoms. The molecule has 0 aromatic carbocycles. The van der Waals surface area contributed by atoms with Gasteiger partial charge in [0.05, 0.1) is 6.61 Å². The van der Waals surface area contributed by atoms with Crippen molar-refractivity contribution in [3.8, 4) is 0 Å². The Balaban J connectivity index is 2.55. The number of carbonyl (C=O) groups excluding carboxylic acids is 2. The molecule has 0 radical (unpaired) electrons. The van der Waals surface area contributed by atoms with Crippen LogP contribution < -0.4 is 0 Å². The Morgan fingerprint density at radius 2 is 0.952 bits per heavy atom. The predicted octanol–water partition coefficient (Wildman–Crippen LogP) is 7.47. The van der Waals surface area contributed by atoms with Gasteiger partial charge in [-0.3, -0.25) is 18.6 Å². The monoisotopic (exact) mass is 897 g/mol. The number of allylic oxidation sites excluding steroid dienone is 14. The molecule has 8 atom stereocenters. The second-order valence-corrected chi connectivity index (χ2v) is 16.7. The number of unbranched alkanes of at least 4 members (excludes halogenated alkanes) is 9. The predicted molar refractivity (Wildman–Crippen MR) is 241 cm³/mol. The van der Waals surface area contributed by atoms with Crippen LogP contribution in [0.1, 0.15) is 135 Å². The van der Waals surface area contributed by atoms with Crippen LogP contribution in [0, 0.1) is 0 Å². The molecule has 1 aliphatic rings. The minimum atomic E-state index is -5.15. The lowest BCUT2D eigenvalue weighted by Gasteiger charge is -2.41. The summed E-state index contributed by atoms with van der Waals surface area (Å²) in [6.45, 7) is 1.17. The van der Waals surface area contributed by atoms with E-state index < -0.39 is 75.7 Å². The fourth-order valence-corrected chi connectivity index (χ4v) is 7.06. The largest absolute Gasteiger partial charge is 0.472 e. The van der Waals surface area contributed by atoms with Crippen molar-refractivity contribution in [2.75, 3.05) is 19.8 Å². The lowest BCUT2D eigenvalue weighted by atomic mass is 9.85. The molecule has 1 saturated carbocycles. The lowest BCUT2D eigenvalue weighted by molar-refractivity contribution is -0.220.